The molecule has 0 atom stereocenters. The number of rotatable bonds is 7. The van der Waals surface area contributed by atoms with E-state index < -0.39 is 0 Å². The third-order valence-electron chi connectivity index (χ3n) is 4.13. The van der Waals surface area contributed by atoms with Crippen LogP contribution in [0.25, 0.3) is 11.4 Å². The van der Waals surface area contributed by atoms with Crippen molar-refractivity contribution in [1.29, 1.82) is 0 Å². The normalized spacial score (nSPS) is 10.8. The van der Waals surface area contributed by atoms with Gasteiger partial charge in [-0.25, -0.2) is 0 Å². The third-order valence-corrected chi connectivity index (χ3v) is 4.13. The number of anilines is 1. The zero-order valence-electron chi connectivity index (χ0n) is 15.4. The van der Waals surface area contributed by atoms with Crippen molar-refractivity contribution in [3.8, 4) is 22.9 Å². The fourth-order valence-electron chi connectivity index (χ4n) is 2.75. The number of methoxy groups -OCH3 is 2. The molecule has 0 aliphatic rings. The number of nitrogens with zero attached hydrogens (tertiary/aromatic N) is 2. The van der Waals surface area contributed by atoms with E-state index in [0.717, 1.165) is 11.3 Å². The molecule has 6 heteroatoms. The van der Waals surface area contributed by atoms with Crippen molar-refractivity contribution in [3.05, 3.63) is 53.9 Å². The van der Waals surface area contributed by atoms with Gasteiger partial charge in [0, 0.05) is 11.8 Å². The predicted octanol–water partition coefficient (Wildman–Crippen LogP) is 4.49. The van der Waals surface area contributed by atoms with Crippen molar-refractivity contribution in [3.63, 3.8) is 0 Å². The van der Waals surface area contributed by atoms with Gasteiger partial charge in [-0.3, -0.25) is 0 Å². The van der Waals surface area contributed by atoms with E-state index in [1.165, 1.54) is 5.56 Å². The number of nitrogens with one attached hydrogen (secondary N) is 1. The Morgan fingerprint density at radius 2 is 1.88 bits per heavy atom. The molecule has 1 heterocycles. The Hall–Kier alpha value is -3.02. The number of para-hydroxylation sites is 1. The molecule has 1 N–H and O–H groups in total. The second-order valence-corrected chi connectivity index (χ2v) is 6.17. The first kappa shape index (κ1) is 17.8. The van der Waals surface area contributed by atoms with Crippen LogP contribution in [0.5, 0.6) is 11.5 Å². The molecule has 136 valence electrons. The van der Waals surface area contributed by atoms with Gasteiger partial charge in [0.25, 0.3) is 0 Å². The van der Waals surface area contributed by atoms with Gasteiger partial charge in [-0.1, -0.05) is 37.2 Å². The van der Waals surface area contributed by atoms with Gasteiger partial charge in [0.2, 0.25) is 11.7 Å². The minimum Gasteiger partial charge on any atom is -0.497 e. The van der Waals surface area contributed by atoms with Crippen molar-refractivity contribution >= 4 is 5.69 Å². The molecule has 0 fully saturated rings. The van der Waals surface area contributed by atoms with Crippen LogP contribution in [-0.2, 0) is 6.54 Å². The largest absolute Gasteiger partial charge is 0.497 e. The SMILES string of the molecule is COc1ccc(-c2noc(CNc3ccccc3C(C)C)n2)c(OC)c1. The van der Waals surface area contributed by atoms with E-state index in [9.17, 15) is 0 Å². The summed E-state index contributed by atoms with van der Waals surface area (Å²) in [5.74, 6) is 2.77. The summed E-state index contributed by atoms with van der Waals surface area (Å²) < 4.78 is 16.0. The minimum absolute atomic E-state index is 0.431. The summed E-state index contributed by atoms with van der Waals surface area (Å²) in [5, 5.41) is 7.45. The Bertz CT molecular complexity index is 874. The second-order valence-electron chi connectivity index (χ2n) is 6.17. The number of hydrogen-bond donors (Lipinski definition) is 1. The standard InChI is InChI=1S/C20H23N3O3/c1-13(2)15-7-5-6-8-17(15)21-12-19-22-20(23-26-19)16-10-9-14(24-3)11-18(16)25-4/h5-11,13,21H,12H2,1-4H3. The van der Waals surface area contributed by atoms with Crippen molar-refractivity contribution in [1.82, 2.24) is 10.1 Å². The summed E-state index contributed by atoms with van der Waals surface area (Å²) in [5.41, 5.74) is 3.08. The lowest BCUT2D eigenvalue weighted by atomic mass is 10.0. The van der Waals surface area contributed by atoms with Crippen LogP contribution in [0.1, 0.15) is 31.2 Å². The summed E-state index contributed by atoms with van der Waals surface area (Å²) in [6.07, 6.45) is 0. The molecule has 6 nitrogen and oxygen atoms in total. The van der Waals surface area contributed by atoms with E-state index in [1.54, 1.807) is 20.3 Å². The molecule has 0 bridgehead atoms. The molecular weight excluding hydrogens is 330 g/mol. The molecule has 0 radical (unpaired) electrons. The smallest absolute Gasteiger partial charge is 0.246 e. The van der Waals surface area contributed by atoms with Gasteiger partial charge in [0.05, 0.1) is 26.3 Å². The molecule has 0 spiro atoms. The van der Waals surface area contributed by atoms with E-state index >= 15 is 0 Å². The number of benzene rings is 2. The maximum absolute atomic E-state index is 5.41. The zero-order valence-corrected chi connectivity index (χ0v) is 15.4. The molecule has 3 rings (SSSR count). The fraction of sp³-hybridized carbons (Fsp3) is 0.300. The number of aromatic nitrogens is 2. The quantitative estimate of drug-likeness (QED) is 0.675. The molecule has 2 aromatic carbocycles. The van der Waals surface area contributed by atoms with Crippen molar-refractivity contribution in [2.45, 2.75) is 26.3 Å². The summed E-state index contributed by atoms with van der Waals surface area (Å²) in [6.45, 7) is 4.79. The highest BCUT2D eigenvalue weighted by atomic mass is 16.5. The van der Waals surface area contributed by atoms with Crippen LogP contribution in [0.15, 0.2) is 47.0 Å². The average molecular weight is 353 g/mol. The maximum atomic E-state index is 5.41. The Kier molecular flexibility index (Phi) is 5.41. The number of ether oxygens (including phenoxy) is 2. The van der Waals surface area contributed by atoms with E-state index in [0.29, 0.717) is 35.7 Å². The van der Waals surface area contributed by atoms with Gasteiger partial charge in [-0.2, -0.15) is 4.98 Å². The molecule has 0 amide bonds. The lowest BCUT2D eigenvalue weighted by molar-refractivity contribution is 0.382. The van der Waals surface area contributed by atoms with Crippen molar-refractivity contribution < 1.29 is 14.0 Å². The summed E-state index contributed by atoms with van der Waals surface area (Å²) in [4.78, 5) is 4.47. The first-order valence-electron chi connectivity index (χ1n) is 8.50. The van der Waals surface area contributed by atoms with Gasteiger partial charge in [-0.15, -0.1) is 0 Å². The minimum atomic E-state index is 0.431. The molecule has 26 heavy (non-hydrogen) atoms. The first-order valence-corrected chi connectivity index (χ1v) is 8.50. The van der Waals surface area contributed by atoms with Gasteiger partial charge < -0.3 is 19.3 Å². The lowest BCUT2D eigenvalue weighted by Crippen LogP contribution is -2.03. The molecule has 0 saturated heterocycles. The van der Waals surface area contributed by atoms with Crippen LogP contribution in [0.4, 0.5) is 5.69 Å². The van der Waals surface area contributed by atoms with Crippen LogP contribution in [0.2, 0.25) is 0 Å². The van der Waals surface area contributed by atoms with E-state index in [1.807, 2.05) is 24.3 Å². The monoisotopic (exact) mass is 353 g/mol. The lowest BCUT2D eigenvalue weighted by Gasteiger charge is -2.13. The topological polar surface area (TPSA) is 69.4 Å². The Balaban J connectivity index is 1.77. The molecule has 1 aromatic heterocycles. The van der Waals surface area contributed by atoms with Crippen LogP contribution in [0.3, 0.4) is 0 Å². The number of hydrogen-bond acceptors (Lipinski definition) is 6. The summed E-state index contributed by atoms with van der Waals surface area (Å²) in [6, 6.07) is 13.7. The first-order chi connectivity index (χ1) is 12.6. The van der Waals surface area contributed by atoms with Crippen molar-refractivity contribution in [2.24, 2.45) is 0 Å². The van der Waals surface area contributed by atoms with Crippen LogP contribution < -0.4 is 14.8 Å². The van der Waals surface area contributed by atoms with Gasteiger partial charge in [0.15, 0.2) is 0 Å². The van der Waals surface area contributed by atoms with Crippen LogP contribution in [-0.4, -0.2) is 24.4 Å². The van der Waals surface area contributed by atoms with E-state index in [2.05, 4.69) is 41.4 Å². The third kappa shape index (κ3) is 3.79. The summed E-state index contributed by atoms with van der Waals surface area (Å²) in [7, 11) is 3.21. The van der Waals surface area contributed by atoms with Crippen LogP contribution in [0, 0.1) is 0 Å². The predicted molar refractivity (Wildman–Crippen MR) is 101 cm³/mol. The fourth-order valence-corrected chi connectivity index (χ4v) is 2.75. The highest BCUT2D eigenvalue weighted by Gasteiger charge is 2.15. The molecular formula is C20H23N3O3. The average Bonchev–Trinajstić information content (AvgIpc) is 3.14. The Morgan fingerprint density at radius 1 is 1.08 bits per heavy atom. The molecule has 0 aliphatic heterocycles. The summed E-state index contributed by atoms with van der Waals surface area (Å²) >= 11 is 0. The molecule has 0 saturated carbocycles. The molecule has 0 unspecified atom stereocenters. The van der Waals surface area contributed by atoms with E-state index in [-0.39, 0.29) is 0 Å². The molecule has 0 aliphatic carbocycles. The Morgan fingerprint density at radius 3 is 2.62 bits per heavy atom. The molecule has 3 aromatic rings. The Labute approximate surface area is 153 Å². The van der Waals surface area contributed by atoms with Crippen molar-refractivity contribution in [2.75, 3.05) is 19.5 Å². The van der Waals surface area contributed by atoms with Crippen LogP contribution >= 0.6 is 0 Å². The maximum Gasteiger partial charge on any atom is 0.246 e. The van der Waals surface area contributed by atoms with Gasteiger partial charge in [0.1, 0.15) is 11.5 Å². The van der Waals surface area contributed by atoms with Gasteiger partial charge in [-0.05, 0) is 29.7 Å². The van der Waals surface area contributed by atoms with E-state index in [4.69, 9.17) is 14.0 Å². The zero-order chi connectivity index (χ0) is 18.5. The highest BCUT2D eigenvalue weighted by Crippen LogP contribution is 2.31. The van der Waals surface area contributed by atoms with Gasteiger partial charge >= 0.3 is 0 Å². The highest BCUT2D eigenvalue weighted by molar-refractivity contribution is 5.65. The second kappa shape index (κ2) is 7.91.